The fraction of sp³-hybridized carbons (Fsp3) is 0.321. The number of ether oxygens (including phenoxy) is 1. The second kappa shape index (κ2) is 12.3. The van der Waals surface area contributed by atoms with Gasteiger partial charge in [-0.1, -0.05) is 47.1 Å². The maximum atomic E-state index is 12.9. The number of hydrogen-bond acceptors (Lipinski definition) is 5. The summed E-state index contributed by atoms with van der Waals surface area (Å²) in [7, 11) is 0. The summed E-state index contributed by atoms with van der Waals surface area (Å²) in [6.07, 6.45) is 12.2. The molecule has 0 radical (unpaired) electrons. The van der Waals surface area contributed by atoms with Gasteiger partial charge in [0, 0.05) is 22.5 Å². The van der Waals surface area contributed by atoms with E-state index in [4.69, 9.17) is 4.74 Å². The number of thiazole rings is 1. The molecule has 0 saturated heterocycles. The number of aromatic nitrogens is 2. The van der Waals surface area contributed by atoms with Crippen molar-refractivity contribution in [2.45, 2.75) is 53.4 Å². The monoisotopic (exact) mass is 476 g/mol. The Labute approximate surface area is 205 Å². The van der Waals surface area contributed by atoms with Crippen LogP contribution in [0.1, 0.15) is 79.2 Å². The average Bonchev–Trinajstić information content (AvgIpc) is 3.46. The summed E-state index contributed by atoms with van der Waals surface area (Å²) in [5.41, 5.74) is 5.53. The molecule has 1 aromatic carbocycles. The number of allylic oxidation sites excluding steroid dienone is 5. The van der Waals surface area contributed by atoms with Crippen LogP contribution >= 0.6 is 11.3 Å². The molecule has 0 aliphatic heterocycles. The topological polar surface area (TPSA) is 72.1 Å². The first kappa shape index (κ1) is 25.4. The van der Waals surface area contributed by atoms with Gasteiger partial charge in [-0.25, -0.2) is 9.78 Å². The summed E-state index contributed by atoms with van der Waals surface area (Å²) < 4.78 is 5.35. The Kier molecular flexibility index (Phi) is 9.16. The molecule has 3 rings (SSSR count). The molecule has 2 aromatic heterocycles. The van der Waals surface area contributed by atoms with E-state index in [9.17, 15) is 9.59 Å². The van der Waals surface area contributed by atoms with Crippen LogP contribution in [0.25, 0.3) is 10.9 Å². The molecule has 5 nitrogen and oxygen atoms in total. The highest BCUT2D eigenvalue weighted by molar-refractivity contribution is 7.12. The molecular formula is C28H32N2O3S. The molecule has 0 unspecified atom stereocenters. The fourth-order valence-electron chi connectivity index (χ4n) is 3.52. The van der Waals surface area contributed by atoms with Crippen molar-refractivity contribution in [3.63, 3.8) is 0 Å². The SMILES string of the molecule is CC(C)=CCC/C(C)=C/CC/C(C)=C/COC(=O)c1csc(C(=O)c2c[nH]c3ccccc23)n1. The van der Waals surface area contributed by atoms with Crippen molar-refractivity contribution in [1.82, 2.24) is 9.97 Å². The Bertz CT molecular complexity index is 1240. The van der Waals surface area contributed by atoms with Gasteiger partial charge in [0.25, 0.3) is 0 Å². The molecule has 0 bridgehead atoms. The molecule has 34 heavy (non-hydrogen) atoms. The highest BCUT2D eigenvalue weighted by Crippen LogP contribution is 2.23. The van der Waals surface area contributed by atoms with Gasteiger partial charge in [0.1, 0.15) is 6.61 Å². The van der Waals surface area contributed by atoms with Gasteiger partial charge in [-0.05, 0) is 65.5 Å². The van der Waals surface area contributed by atoms with Crippen molar-refractivity contribution in [2.24, 2.45) is 0 Å². The summed E-state index contributed by atoms with van der Waals surface area (Å²) >= 11 is 1.15. The van der Waals surface area contributed by atoms with E-state index in [1.165, 1.54) is 16.7 Å². The minimum absolute atomic E-state index is 0.161. The van der Waals surface area contributed by atoms with Crippen LogP contribution in [0.3, 0.4) is 0 Å². The van der Waals surface area contributed by atoms with E-state index < -0.39 is 5.97 Å². The van der Waals surface area contributed by atoms with Gasteiger partial charge in [0.2, 0.25) is 5.78 Å². The molecule has 2 heterocycles. The highest BCUT2D eigenvalue weighted by atomic mass is 32.1. The number of para-hydroxylation sites is 1. The van der Waals surface area contributed by atoms with Gasteiger partial charge < -0.3 is 9.72 Å². The molecule has 1 N–H and O–H groups in total. The molecule has 0 saturated carbocycles. The number of aromatic amines is 1. The van der Waals surface area contributed by atoms with E-state index in [2.05, 4.69) is 42.9 Å². The van der Waals surface area contributed by atoms with E-state index in [1.54, 1.807) is 11.6 Å². The van der Waals surface area contributed by atoms with Crippen LogP contribution in [0.4, 0.5) is 0 Å². The summed E-state index contributed by atoms with van der Waals surface area (Å²) in [4.78, 5) is 32.5. The summed E-state index contributed by atoms with van der Waals surface area (Å²) in [5.74, 6) is -0.727. The van der Waals surface area contributed by atoms with Crippen LogP contribution in [-0.2, 0) is 4.74 Å². The van der Waals surface area contributed by atoms with Crippen molar-refractivity contribution in [2.75, 3.05) is 6.61 Å². The number of fused-ring (bicyclic) bond motifs is 1. The summed E-state index contributed by atoms with van der Waals surface area (Å²) in [5, 5.41) is 2.68. The lowest BCUT2D eigenvalue weighted by Crippen LogP contribution is -2.07. The molecule has 0 amide bonds. The largest absolute Gasteiger partial charge is 0.457 e. The van der Waals surface area contributed by atoms with Gasteiger partial charge in [-0.2, -0.15) is 0 Å². The normalized spacial score (nSPS) is 12.1. The number of H-pyrrole nitrogens is 1. The third kappa shape index (κ3) is 7.12. The van der Waals surface area contributed by atoms with E-state index in [0.29, 0.717) is 5.56 Å². The Balaban J connectivity index is 1.48. The Hall–Kier alpha value is -3.25. The zero-order chi connectivity index (χ0) is 24.5. The van der Waals surface area contributed by atoms with E-state index in [0.717, 1.165) is 47.9 Å². The van der Waals surface area contributed by atoms with Gasteiger partial charge in [0.15, 0.2) is 10.7 Å². The summed E-state index contributed by atoms with van der Waals surface area (Å²) in [6, 6.07) is 7.59. The first-order chi connectivity index (χ1) is 16.3. The molecule has 3 aromatic rings. The number of carbonyl (C=O) groups excluding carboxylic acids is 2. The third-order valence-electron chi connectivity index (χ3n) is 5.51. The van der Waals surface area contributed by atoms with Crippen LogP contribution in [0.15, 0.2) is 70.8 Å². The number of rotatable bonds is 11. The number of nitrogens with one attached hydrogen (secondary N) is 1. The number of esters is 1. The number of carbonyl (C=O) groups is 2. The van der Waals surface area contributed by atoms with Crippen LogP contribution in [0.5, 0.6) is 0 Å². The zero-order valence-corrected chi connectivity index (χ0v) is 21.1. The fourth-order valence-corrected chi connectivity index (χ4v) is 4.26. The maximum absolute atomic E-state index is 12.9. The van der Waals surface area contributed by atoms with Crippen LogP contribution < -0.4 is 0 Å². The van der Waals surface area contributed by atoms with E-state index in [-0.39, 0.29) is 23.1 Å². The lowest BCUT2D eigenvalue weighted by molar-refractivity contribution is 0.0543. The van der Waals surface area contributed by atoms with Gasteiger partial charge in [-0.3, -0.25) is 4.79 Å². The van der Waals surface area contributed by atoms with Crippen molar-refractivity contribution in [3.8, 4) is 0 Å². The summed E-state index contributed by atoms with van der Waals surface area (Å²) in [6.45, 7) is 8.65. The van der Waals surface area contributed by atoms with Crippen LogP contribution in [-0.4, -0.2) is 28.3 Å². The highest BCUT2D eigenvalue weighted by Gasteiger charge is 2.20. The van der Waals surface area contributed by atoms with Crippen LogP contribution in [0, 0.1) is 0 Å². The third-order valence-corrected chi connectivity index (χ3v) is 6.35. The van der Waals surface area contributed by atoms with Crippen molar-refractivity contribution in [3.05, 3.63) is 87.1 Å². The smallest absolute Gasteiger partial charge is 0.358 e. The Morgan fingerprint density at radius 1 is 1.00 bits per heavy atom. The van der Waals surface area contributed by atoms with Gasteiger partial charge in [-0.15, -0.1) is 11.3 Å². The number of hydrogen-bond donors (Lipinski definition) is 1. The molecule has 0 aliphatic carbocycles. The van der Waals surface area contributed by atoms with Crippen LogP contribution in [0.2, 0.25) is 0 Å². The van der Waals surface area contributed by atoms with Crippen molar-refractivity contribution < 1.29 is 14.3 Å². The first-order valence-electron chi connectivity index (χ1n) is 11.5. The second-order valence-electron chi connectivity index (χ2n) is 8.67. The Morgan fingerprint density at radius 2 is 1.71 bits per heavy atom. The van der Waals surface area contributed by atoms with Gasteiger partial charge >= 0.3 is 5.97 Å². The zero-order valence-electron chi connectivity index (χ0n) is 20.3. The number of benzene rings is 1. The van der Waals surface area contributed by atoms with E-state index >= 15 is 0 Å². The molecule has 0 spiro atoms. The molecule has 6 heteroatoms. The number of nitrogens with zero attached hydrogens (tertiary/aromatic N) is 1. The molecular weight excluding hydrogens is 444 g/mol. The predicted octanol–water partition coefficient (Wildman–Crippen LogP) is 7.43. The average molecular weight is 477 g/mol. The van der Waals surface area contributed by atoms with Crippen molar-refractivity contribution >= 4 is 34.0 Å². The molecule has 0 atom stereocenters. The second-order valence-corrected chi connectivity index (χ2v) is 9.53. The molecule has 178 valence electrons. The molecule has 0 fully saturated rings. The Morgan fingerprint density at radius 3 is 2.47 bits per heavy atom. The lowest BCUT2D eigenvalue weighted by atomic mass is 10.1. The lowest BCUT2D eigenvalue weighted by Gasteiger charge is -2.03. The quantitative estimate of drug-likeness (QED) is 0.177. The minimum atomic E-state index is -0.520. The number of ketones is 1. The molecule has 0 aliphatic rings. The maximum Gasteiger partial charge on any atom is 0.358 e. The van der Waals surface area contributed by atoms with Gasteiger partial charge in [0.05, 0.1) is 5.56 Å². The predicted molar refractivity (Wildman–Crippen MR) is 140 cm³/mol. The minimum Gasteiger partial charge on any atom is -0.457 e. The standard InChI is InChI=1S/C28H32N2O3S/c1-19(2)9-7-10-20(3)11-8-12-21(4)15-16-33-28(32)25-18-34-27(30-25)26(31)23-17-29-24-14-6-5-13-22(23)24/h5-6,9,11,13-15,17-18,29H,7-8,10,12,16H2,1-4H3/b20-11+,21-15+. The van der Waals surface area contributed by atoms with E-state index in [1.807, 2.05) is 37.3 Å². The van der Waals surface area contributed by atoms with Crippen molar-refractivity contribution in [1.29, 1.82) is 0 Å². The first-order valence-corrected chi connectivity index (χ1v) is 12.4.